The van der Waals surface area contributed by atoms with Gasteiger partial charge in [-0.1, -0.05) is 6.07 Å². The Morgan fingerprint density at radius 1 is 1.26 bits per heavy atom. The first-order valence-corrected chi connectivity index (χ1v) is 9.32. The molecular formula is C17H22N2O3S. The van der Waals surface area contributed by atoms with Crippen LogP contribution in [0, 0.1) is 6.92 Å². The standard InChI is InChI=1S/C17H22N2O3S/c1-14-13-18-9-8-17(14)19(2)10-5-11-22-15-6-4-7-16(12-15)23(3,20)21/h4,6-9,12-13H,5,10-11H2,1-3H3. The lowest BCUT2D eigenvalue weighted by molar-refractivity contribution is 0.311. The summed E-state index contributed by atoms with van der Waals surface area (Å²) in [4.78, 5) is 6.53. The predicted octanol–water partition coefficient (Wildman–Crippen LogP) is 2.70. The summed E-state index contributed by atoms with van der Waals surface area (Å²) in [6, 6.07) is 8.59. The highest BCUT2D eigenvalue weighted by molar-refractivity contribution is 7.90. The number of anilines is 1. The quantitative estimate of drug-likeness (QED) is 0.729. The maximum absolute atomic E-state index is 11.5. The number of hydrogen-bond donors (Lipinski definition) is 0. The molecular weight excluding hydrogens is 312 g/mol. The van der Waals surface area contributed by atoms with E-state index in [0.29, 0.717) is 12.4 Å². The van der Waals surface area contributed by atoms with Gasteiger partial charge >= 0.3 is 0 Å². The molecule has 0 spiro atoms. The Bertz CT molecular complexity index is 760. The summed E-state index contributed by atoms with van der Waals surface area (Å²) in [5, 5.41) is 0. The summed E-state index contributed by atoms with van der Waals surface area (Å²) < 4.78 is 28.7. The van der Waals surface area contributed by atoms with Crippen LogP contribution in [-0.4, -0.2) is 39.9 Å². The lowest BCUT2D eigenvalue weighted by Gasteiger charge is -2.21. The van der Waals surface area contributed by atoms with Gasteiger partial charge in [0, 0.05) is 37.9 Å². The number of benzene rings is 1. The molecule has 124 valence electrons. The average molecular weight is 334 g/mol. The molecule has 23 heavy (non-hydrogen) atoms. The van der Waals surface area contributed by atoms with Gasteiger partial charge in [0.25, 0.3) is 0 Å². The zero-order chi connectivity index (χ0) is 16.9. The molecule has 6 heteroatoms. The van der Waals surface area contributed by atoms with E-state index in [2.05, 4.69) is 9.88 Å². The van der Waals surface area contributed by atoms with Crippen molar-refractivity contribution in [1.82, 2.24) is 4.98 Å². The highest BCUT2D eigenvalue weighted by Gasteiger charge is 2.08. The minimum atomic E-state index is -3.20. The van der Waals surface area contributed by atoms with E-state index in [1.807, 2.05) is 26.2 Å². The van der Waals surface area contributed by atoms with E-state index < -0.39 is 9.84 Å². The first-order chi connectivity index (χ1) is 10.9. The largest absolute Gasteiger partial charge is 0.493 e. The summed E-state index contributed by atoms with van der Waals surface area (Å²) >= 11 is 0. The Hall–Kier alpha value is -2.08. The lowest BCUT2D eigenvalue weighted by atomic mass is 10.2. The average Bonchev–Trinajstić information content (AvgIpc) is 2.51. The Balaban J connectivity index is 1.85. The van der Waals surface area contributed by atoms with Crippen LogP contribution in [0.1, 0.15) is 12.0 Å². The molecule has 0 saturated heterocycles. The van der Waals surface area contributed by atoms with Gasteiger partial charge in [-0.3, -0.25) is 4.98 Å². The fraction of sp³-hybridized carbons (Fsp3) is 0.353. The zero-order valence-corrected chi connectivity index (χ0v) is 14.5. The van der Waals surface area contributed by atoms with Crippen molar-refractivity contribution in [2.75, 3.05) is 31.4 Å². The SMILES string of the molecule is Cc1cnccc1N(C)CCCOc1cccc(S(C)(=O)=O)c1. The first-order valence-electron chi connectivity index (χ1n) is 7.42. The Morgan fingerprint density at radius 2 is 2.04 bits per heavy atom. The molecule has 0 amide bonds. The summed E-state index contributed by atoms with van der Waals surface area (Å²) in [5.41, 5.74) is 2.29. The molecule has 2 aromatic rings. The van der Waals surface area contributed by atoms with Crippen LogP contribution in [0.2, 0.25) is 0 Å². The number of sulfone groups is 1. The van der Waals surface area contributed by atoms with Crippen LogP contribution in [0.15, 0.2) is 47.6 Å². The van der Waals surface area contributed by atoms with Gasteiger partial charge in [-0.25, -0.2) is 8.42 Å². The molecule has 0 radical (unpaired) electrons. The second-order valence-corrected chi connectivity index (χ2v) is 7.55. The van der Waals surface area contributed by atoms with E-state index >= 15 is 0 Å². The first kappa shape index (κ1) is 17.3. The van der Waals surface area contributed by atoms with Crippen LogP contribution in [0.25, 0.3) is 0 Å². The van der Waals surface area contributed by atoms with Crippen LogP contribution < -0.4 is 9.64 Å². The highest BCUT2D eigenvalue weighted by atomic mass is 32.2. The molecule has 0 aliphatic carbocycles. The number of pyridine rings is 1. The van der Waals surface area contributed by atoms with Gasteiger partial charge < -0.3 is 9.64 Å². The van der Waals surface area contributed by atoms with E-state index in [4.69, 9.17) is 4.74 Å². The molecule has 5 nitrogen and oxygen atoms in total. The minimum absolute atomic E-state index is 0.277. The van der Waals surface area contributed by atoms with Gasteiger partial charge in [-0.2, -0.15) is 0 Å². The number of aryl methyl sites for hydroxylation is 1. The molecule has 1 aromatic carbocycles. The van der Waals surface area contributed by atoms with Crippen LogP contribution >= 0.6 is 0 Å². The van der Waals surface area contributed by atoms with E-state index in [0.717, 1.165) is 24.2 Å². The molecule has 0 unspecified atom stereocenters. The smallest absolute Gasteiger partial charge is 0.175 e. The molecule has 0 aliphatic heterocycles. The van der Waals surface area contributed by atoms with Gasteiger partial charge in [0.2, 0.25) is 0 Å². The number of aromatic nitrogens is 1. The van der Waals surface area contributed by atoms with Crippen molar-refractivity contribution in [2.24, 2.45) is 0 Å². The predicted molar refractivity (Wildman–Crippen MR) is 91.9 cm³/mol. The van der Waals surface area contributed by atoms with Crippen molar-refractivity contribution < 1.29 is 13.2 Å². The van der Waals surface area contributed by atoms with Crippen LogP contribution in [0.3, 0.4) is 0 Å². The summed E-state index contributed by atoms with van der Waals surface area (Å²) in [5.74, 6) is 0.579. The van der Waals surface area contributed by atoms with Crippen LogP contribution in [0.4, 0.5) is 5.69 Å². The lowest BCUT2D eigenvalue weighted by Crippen LogP contribution is -2.21. The van der Waals surface area contributed by atoms with Gasteiger partial charge in [-0.15, -0.1) is 0 Å². The van der Waals surface area contributed by atoms with Crippen molar-refractivity contribution >= 4 is 15.5 Å². The van der Waals surface area contributed by atoms with Gasteiger partial charge in [0.15, 0.2) is 9.84 Å². The Kier molecular flexibility index (Phi) is 5.60. The second-order valence-electron chi connectivity index (χ2n) is 5.53. The number of hydrogen-bond acceptors (Lipinski definition) is 5. The molecule has 0 atom stereocenters. The molecule has 0 fully saturated rings. The van der Waals surface area contributed by atoms with E-state index in [1.54, 1.807) is 30.5 Å². The Labute approximate surface area is 137 Å². The van der Waals surface area contributed by atoms with Crippen molar-refractivity contribution in [3.63, 3.8) is 0 Å². The van der Waals surface area contributed by atoms with Gasteiger partial charge in [0.1, 0.15) is 5.75 Å². The third kappa shape index (κ3) is 4.96. The van der Waals surface area contributed by atoms with Crippen molar-refractivity contribution in [2.45, 2.75) is 18.2 Å². The molecule has 1 aromatic heterocycles. The number of nitrogens with zero attached hydrogens (tertiary/aromatic N) is 2. The van der Waals surface area contributed by atoms with Crippen LogP contribution in [0.5, 0.6) is 5.75 Å². The normalized spacial score (nSPS) is 11.3. The minimum Gasteiger partial charge on any atom is -0.493 e. The van der Waals surface area contributed by atoms with E-state index in [1.165, 1.54) is 6.26 Å². The molecule has 1 heterocycles. The molecule has 0 aliphatic rings. The maximum Gasteiger partial charge on any atom is 0.175 e. The van der Waals surface area contributed by atoms with Crippen molar-refractivity contribution in [3.8, 4) is 5.75 Å². The fourth-order valence-corrected chi connectivity index (χ4v) is 2.96. The Morgan fingerprint density at radius 3 is 2.74 bits per heavy atom. The zero-order valence-electron chi connectivity index (χ0n) is 13.7. The molecule has 0 saturated carbocycles. The van der Waals surface area contributed by atoms with Crippen LogP contribution in [-0.2, 0) is 9.84 Å². The van der Waals surface area contributed by atoms with E-state index in [9.17, 15) is 8.42 Å². The maximum atomic E-state index is 11.5. The van der Waals surface area contributed by atoms with Crippen molar-refractivity contribution in [1.29, 1.82) is 0 Å². The fourth-order valence-electron chi connectivity index (χ4n) is 2.30. The third-order valence-corrected chi connectivity index (χ3v) is 4.65. The van der Waals surface area contributed by atoms with E-state index in [-0.39, 0.29) is 4.90 Å². The number of rotatable bonds is 7. The summed E-state index contributed by atoms with van der Waals surface area (Å²) in [6.07, 6.45) is 5.66. The topological polar surface area (TPSA) is 59.5 Å². The summed E-state index contributed by atoms with van der Waals surface area (Å²) in [7, 11) is -1.17. The molecule has 0 N–H and O–H groups in total. The van der Waals surface area contributed by atoms with Crippen molar-refractivity contribution in [3.05, 3.63) is 48.3 Å². The number of ether oxygens (including phenoxy) is 1. The highest BCUT2D eigenvalue weighted by Crippen LogP contribution is 2.18. The summed E-state index contributed by atoms with van der Waals surface area (Å²) in [6.45, 7) is 3.41. The molecule has 0 bridgehead atoms. The van der Waals surface area contributed by atoms with Gasteiger partial charge in [-0.05, 0) is 43.2 Å². The molecule has 2 rings (SSSR count). The second kappa shape index (κ2) is 7.46. The van der Waals surface area contributed by atoms with Gasteiger partial charge in [0.05, 0.1) is 11.5 Å². The third-order valence-electron chi connectivity index (χ3n) is 3.54. The monoisotopic (exact) mass is 334 g/mol.